The molecule has 5 heteroatoms. The summed E-state index contributed by atoms with van der Waals surface area (Å²) >= 11 is 0. The van der Waals surface area contributed by atoms with Crippen LogP contribution in [0, 0.1) is 5.92 Å². The quantitative estimate of drug-likeness (QED) is 0.849. The zero-order valence-electron chi connectivity index (χ0n) is 10.3. The molecule has 0 aliphatic rings. The normalized spacial score (nSPS) is 13.7. The third-order valence-electron chi connectivity index (χ3n) is 2.20. The van der Waals surface area contributed by atoms with Crippen molar-refractivity contribution in [1.82, 2.24) is 0 Å². The highest BCUT2D eigenvalue weighted by Gasteiger charge is 2.13. The third kappa shape index (κ3) is 4.75. The Morgan fingerprint density at radius 2 is 1.94 bits per heavy atom. The zero-order chi connectivity index (χ0) is 13.1. The molecule has 4 nitrogen and oxygen atoms in total. The Labute approximate surface area is 103 Å². The van der Waals surface area contributed by atoms with Crippen molar-refractivity contribution >= 4 is 15.7 Å². The molecule has 1 rings (SSSR count). The summed E-state index contributed by atoms with van der Waals surface area (Å²) in [5.74, 6) is 0.166. The topological polar surface area (TPSA) is 66.4 Å². The number of aliphatic hydroxyl groups excluding tert-OH is 1. The molecule has 0 heterocycles. The van der Waals surface area contributed by atoms with E-state index in [0.717, 1.165) is 0 Å². The standard InChI is InChI=1S/C12H19NO3S/c1-9(2)8-17(15,16)13-12-6-4-5-11(7-12)10(3)14/h4-7,9-10,13-14H,8H2,1-3H3. The van der Waals surface area contributed by atoms with Crippen LogP contribution < -0.4 is 4.72 Å². The molecule has 0 fully saturated rings. The summed E-state index contributed by atoms with van der Waals surface area (Å²) in [7, 11) is -3.31. The highest BCUT2D eigenvalue weighted by atomic mass is 32.2. The molecule has 0 bridgehead atoms. The van der Waals surface area contributed by atoms with Crippen LogP contribution in [-0.2, 0) is 10.0 Å². The van der Waals surface area contributed by atoms with Crippen molar-refractivity contribution in [3.05, 3.63) is 29.8 Å². The molecular weight excluding hydrogens is 238 g/mol. The van der Waals surface area contributed by atoms with Crippen LogP contribution in [0.25, 0.3) is 0 Å². The first kappa shape index (κ1) is 14.0. The zero-order valence-corrected chi connectivity index (χ0v) is 11.2. The van der Waals surface area contributed by atoms with E-state index in [2.05, 4.69) is 4.72 Å². The Bertz CT molecular complexity index is 466. The van der Waals surface area contributed by atoms with E-state index in [1.54, 1.807) is 31.2 Å². The minimum atomic E-state index is -3.31. The molecule has 0 aliphatic heterocycles. The van der Waals surface area contributed by atoms with Crippen molar-refractivity contribution in [3.63, 3.8) is 0 Å². The van der Waals surface area contributed by atoms with Gasteiger partial charge in [-0.1, -0.05) is 26.0 Å². The van der Waals surface area contributed by atoms with E-state index in [9.17, 15) is 13.5 Å². The van der Waals surface area contributed by atoms with E-state index in [1.807, 2.05) is 13.8 Å². The Hall–Kier alpha value is -1.07. The number of aliphatic hydroxyl groups is 1. The second kappa shape index (κ2) is 5.51. The fourth-order valence-corrected chi connectivity index (χ4v) is 2.97. The van der Waals surface area contributed by atoms with Crippen molar-refractivity contribution in [2.75, 3.05) is 10.5 Å². The first-order valence-corrected chi connectivity index (χ1v) is 7.24. The highest BCUT2D eigenvalue weighted by Crippen LogP contribution is 2.18. The lowest BCUT2D eigenvalue weighted by Gasteiger charge is -2.11. The molecule has 2 N–H and O–H groups in total. The van der Waals surface area contributed by atoms with Gasteiger partial charge < -0.3 is 5.11 Å². The first-order chi connectivity index (χ1) is 7.80. The lowest BCUT2D eigenvalue weighted by molar-refractivity contribution is 0.199. The van der Waals surface area contributed by atoms with Gasteiger partial charge in [0.2, 0.25) is 10.0 Å². The molecular formula is C12H19NO3S. The predicted molar refractivity (Wildman–Crippen MR) is 69.3 cm³/mol. The molecule has 1 aromatic carbocycles. The Morgan fingerprint density at radius 3 is 2.47 bits per heavy atom. The Balaban J connectivity index is 2.85. The maximum Gasteiger partial charge on any atom is 0.232 e. The van der Waals surface area contributed by atoms with Gasteiger partial charge in [-0.15, -0.1) is 0 Å². The molecule has 0 spiro atoms. The van der Waals surface area contributed by atoms with Crippen LogP contribution in [0.3, 0.4) is 0 Å². The molecule has 0 amide bonds. The van der Waals surface area contributed by atoms with E-state index >= 15 is 0 Å². The van der Waals surface area contributed by atoms with Gasteiger partial charge in [0.25, 0.3) is 0 Å². The SMILES string of the molecule is CC(C)CS(=O)(=O)Nc1cccc(C(C)O)c1. The maximum absolute atomic E-state index is 11.7. The van der Waals surface area contributed by atoms with Gasteiger partial charge in [-0.25, -0.2) is 8.42 Å². The fraction of sp³-hybridized carbons (Fsp3) is 0.500. The van der Waals surface area contributed by atoms with Crippen molar-refractivity contribution in [3.8, 4) is 0 Å². The molecule has 0 saturated heterocycles. The summed E-state index contributed by atoms with van der Waals surface area (Å²) in [4.78, 5) is 0. The van der Waals surface area contributed by atoms with Gasteiger partial charge in [0.05, 0.1) is 11.9 Å². The molecule has 1 unspecified atom stereocenters. The summed E-state index contributed by atoms with van der Waals surface area (Å²) in [5.41, 5.74) is 1.18. The summed E-state index contributed by atoms with van der Waals surface area (Å²) in [5, 5.41) is 9.41. The van der Waals surface area contributed by atoms with Crippen LogP contribution >= 0.6 is 0 Å². The smallest absolute Gasteiger partial charge is 0.232 e. The number of sulfonamides is 1. The number of anilines is 1. The lowest BCUT2D eigenvalue weighted by atomic mass is 10.1. The number of rotatable bonds is 5. The van der Waals surface area contributed by atoms with Gasteiger partial charge in [0.15, 0.2) is 0 Å². The van der Waals surface area contributed by atoms with Crippen LogP contribution in [0.1, 0.15) is 32.4 Å². The van der Waals surface area contributed by atoms with E-state index < -0.39 is 16.1 Å². The van der Waals surface area contributed by atoms with Crippen molar-refractivity contribution in [2.45, 2.75) is 26.9 Å². The molecule has 96 valence electrons. The third-order valence-corrected chi connectivity index (χ3v) is 3.85. The van der Waals surface area contributed by atoms with Gasteiger partial charge in [0, 0.05) is 5.69 Å². The monoisotopic (exact) mass is 257 g/mol. The van der Waals surface area contributed by atoms with Crippen LogP contribution in [-0.4, -0.2) is 19.3 Å². The molecule has 0 aliphatic carbocycles. The summed E-state index contributed by atoms with van der Waals surface area (Å²) in [6, 6.07) is 6.78. The largest absolute Gasteiger partial charge is 0.389 e. The second-order valence-corrected chi connectivity index (χ2v) is 6.35. The maximum atomic E-state index is 11.7. The average Bonchev–Trinajstić information content (AvgIpc) is 2.14. The number of nitrogens with one attached hydrogen (secondary N) is 1. The summed E-state index contributed by atoms with van der Waals surface area (Å²) < 4.78 is 25.9. The van der Waals surface area contributed by atoms with Crippen LogP contribution in [0.5, 0.6) is 0 Å². The summed E-state index contributed by atoms with van der Waals surface area (Å²) in [6.45, 7) is 5.35. The minimum absolute atomic E-state index is 0.0763. The van der Waals surface area contributed by atoms with E-state index in [0.29, 0.717) is 11.3 Å². The first-order valence-electron chi connectivity index (χ1n) is 5.58. The Kier molecular flexibility index (Phi) is 4.54. The van der Waals surface area contributed by atoms with Gasteiger partial charge in [-0.05, 0) is 30.5 Å². The van der Waals surface area contributed by atoms with Gasteiger partial charge in [-0.3, -0.25) is 4.72 Å². The molecule has 1 atom stereocenters. The molecule has 0 saturated carbocycles. The van der Waals surface area contributed by atoms with Crippen LogP contribution in [0.4, 0.5) is 5.69 Å². The lowest BCUT2D eigenvalue weighted by Crippen LogP contribution is -2.20. The fourth-order valence-electron chi connectivity index (χ4n) is 1.52. The van der Waals surface area contributed by atoms with Gasteiger partial charge in [-0.2, -0.15) is 0 Å². The molecule has 0 aromatic heterocycles. The van der Waals surface area contributed by atoms with E-state index in [-0.39, 0.29) is 11.7 Å². The van der Waals surface area contributed by atoms with E-state index in [1.165, 1.54) is 0 Å². The molecule has 1 aromatic rings. The summed E-state index contributed by atoms with van der Waals surface area (Å²) in [6.07, 6.45) is -0.607. The molecule has 17 heavy (non-hydrogen) atoms. The van der Waals surface area contributed by atoms with Gasteiger partial charge >= 0.3 is 0 Å². The van der Waals surface area contributed by atoms with Gasteiger partial charge in [0.1, 0.15) is 0 Å². The molecule has 0 radical (unpaired) electrons. The number of benzene rings is 1. The average molecular weight is 257 g/mol. The number of hydrogen-bond acceptors (Lipinski definition) is 3. The van der Waals surface area contributed by atoms with Crippen molar-refractivity contribution in [1.29, 1.82) is 0 Å². The van der Waals surface area contributed by atoms with Crippen molar-refractivity contribution in [2.24, 2.45) is 5.92 Å². The Morgan fingerprint density at radius 1 is 1.29 bits per heavy atom. The highest BCUT2D eigenvalue weighted by molar-refractivity contribution is 7.92. The minimum Gasteiger partial charge on any atom is -0.389 e. The predicted octanol–water partition coefficient (Wildman–Crippen LogP) is 2.14. The van der Waals surface area contributed by atoms with Crippen LogP contribution in [0.2, 0.25) is 0 Å². The second-order valence-electron chi connectivity index (χ2n) is 4.58. The van der Waals surface area contributed by atoms with Crippen molar-refractivity contribution < 1.29 is 13.5 Å². The number of hydrogen-bond donors (Lipinski definition) is 2. The van der Waals surface area contributed by atoms with E-state index in [4.69, 9.17) is 0 Å². The van der Waals surface area contributed by atoms with Crippen LogP contribution in [0.15, 0.2) is 24.3 Å².